The normalized spacial score (nSPS) is 10.9. The van der Waals surface area contributed by atoms with Gasteiger partial charge in [-0.15, -0.1) is 0 Å². The van der Waals surface area contributed by atoms with Crippen molar-refractivity contribution < 1.29 is 4.39 Å². The van der Waals surface area contributed by atoms with Crippen molar-refractivity contribution in [1.82, 2.24) is 19.7 Å². The van der Waals surface area contributed by atoms with Crippen LogP contribution in [0, 0.1) is 5.82 Å². The maximum absolute atomic E-state index is 14.2. The zero-order chi connectivity index (χ0) is 14.3. The molecule has 0 fully saturated rings. The van der Waals surface area contributed by atoms with Crippen LogP contribution in [0.4, 0.5) is 10.2 Å². The summed E-state index contributed by atoms with van der Waals surface area (Å²) in [6.07, 6.45) is 3.43. The number of anilines is 1. The Morgan fingerprint density at radius 2 is 2.20 bits per heavy atom. The smallest absolute Gasteiger partial charge is 0.158 e. The van der Waals surface area contributed by atoms with E-state index in [0.717, 1.165) is 0 Å². The standard InChI is InChI=1S/C13H11ClFN5/c1-20-6-5-17-13(20)11-9(12(16)19-18-11)7-3-2-4-8(14)10(7)15/h2-6H,1H3,(H3,16,18,19). The molecule has 1 aromatic carbocycles. The molecule has 0 amide bonds. The third-order valence-electron chi connectivity index (χ3n) is 3.06. The summed E-state index contributed by atoms with van der Waals surface area (Å²) in [5.41, 5.74) is 7.16. The minimum absolute atomic E-state index is 0.0360. The predicted molar refractivity (Wildman–Crippen MR) is 75.6 cm³/mol. The second-order valence-electron chi connectivity index (χ2n) is 4.32. The van der Waals surface area contributed by atoms with Crippen LogP contribution in [0.5, 0.6) is 0 Å². The number of nitrogens with one attached hydrogen (secondary N) is 1. The van der Waals surface area contributed by atoms with Gasteiger partial charge < -0.3 is 10.3 Å². The number of aromatic amines is 1. The van der Waals surface area contributed by atoms with Gasteiger partial charge in [-0.25, -0.2) is 9.37 Å². The highest BCUT2D eigenvalue weighted by Crippen LogP contribution is 2.36. The SMILES string of the molecule is Cn1ccnc1-c1[nH]nc(N)c1-c1cccc(Cl)c1F. The van der Waals surface area contributed by atoms with Crippen LogP contribution < -0.4 is 5.73 Å². The first-order valence-electron chi connectivity index (χ1n) is 5.85. The van der Waals surface area contributed by atoms with Gasteiger partial charge in [0.2, 0.25) is 0 Å². The highest BCUT2D eigenvalue weighted by molar-refractivity contribution is 6.31. The average molecular weight is 292 g/mol. The number of hydrogen-bond donors (Lipinski definition) is 2. The Bertz CT molecular complexity index is 777. The van der Waals surface area contributed by atoms with Gasteiger partial charge in [0.05, 0.1) is 10.6 Å². The van der Waals surface area contributed by atoms with Crippen LogP contribution in [0.15, 0.2) is 30.6 Å². The molecule has 0 aliphatic heterocycles. The number of nitrogens with zero attached hydrogens (tertiary/aromatic N) is 3. The van der Waals surface area contributed by atoms with Crippen molar-refractivity contribution in [3.05, 3.63) is 41.4 Å². The van der Waals surface area contributed by atoms with Crippen LogP contribution in [0.3, 0.4) is 0 Å². The number of aryl methyl sites for hydroxylation is 1. The Morgan fingerprint density at radius 1 is 1.40 bits per heavy atom. The van der Waals surface area contributed by atoms with Crippen LogP contribution >= 0.6 is 11.6 Å². The number of benzene rings is 1. The number of aromatic nitrogens is 4. The van der Waals surface area contributed by atoms with Gasteiger partial charge in [0.1, 0.15) is 11.5 Å². The Labute approximate surface area is 119 Å². The first kappa shape index (κ1) is 12.7. The summed E-state index contributed by atoms with van der Waals surface area (Å²) in [7, 11) is 1.83. The molecule has 0 atom stereocenters. The topological polar surface area (TPSA) is 72.5 Å². The fraction of sp³-hybridized carbons (Fsp3) is 0.0769. The molecule has 3 rings (SSSR count). The number of halogens is 2. The van der Waals surface area contributed by atoms with Crippen LogP contribution in [0.2, 0.25) is 5.02 Å². The number of rotatable bonds is 2. The van der Waals surface area contributed by atoms with Crippen molar-refractivity contribution in [3.8, 4) is 22.6 Å². The Hall–Kier alpha value is -2.34. The Balaban J connectivity index is 2.27. The van der Waals surface area contributed by atoms with E-state index in [1.807, 2.05) is 7.05 Å². The zero-order valence-corrected chi connectivity index (χ0v) is 11.3. The molecule has 0 spiro atoms. The molecule has 0 radical (unpaired) electrons. The number of H-pyrrole nitrogens is 1. The molecule has 0 saturated heterocycles. The fourth-order valence-corrected chi connectivity index (χ4v) is 2.27. The van der Waals surface area contributed by atoms with Crippen LogP contribution in [0.25, 0.3) is 22.6 Å². The van der Waals surface area contributed by atoms with Gasteiger partial charge in [-0.1, -0.05) is 23.7 Å². The van der Waals surface area contributed by atoms with Crippen molar-refractivity contribution in [1.29, 1.82) is 0 Å². The molecule has 102 valence electrons. The number of imidazole rings is 1. The van der Waals surface area contributed by atoms with Crippen molar-refractivity contribution in [2.24, 2.45) is 7.05 Å². The van der Waals surface area contributed by atoms with Gasteiger partial charge >= 0.3 is 0 Å². The summed E-state index contributed by atoms with van der Waals surface area (Å²) in [5, 5.41) is 6.78. The molecule has 0 unspecified atom stereocenters. The number of hydrogen-bond acceptors (Lipinski definition) is 3. The summed E-state index contributed by atoms with van der Waals surface area (Å²) < 4.78 is 16.0. The largest absolute Gasteiger partial charge is 0.382 e. The van der Waals surface area contributed by atoms with E-state index < -0.39 is 5.82 Å². The highest BCUT2D eigenvalue weighted by atomic mass is 35.5. The Morgan fingerprint density at radius 3 is 2.90 bits per heavy atom. The van der Waals surface area contributed by atoms with Gasteiger partial charge in [-0.05, 0) is 6.07 Å². The monoisotopic (exact) mass is 291 g/mol. The van der Waals surface area contributed by atoms with E-state index in [0.29, 0.717) is 22.6 Å². The fourth-order valence-electron chi connectivity index (χ4n) is 2.09. The minimum atomic E-state index is -0.530. The lowest BCUT2D eigenvalue weighted by Crippen LogP contribution is -1.96. The summed E-state index contributed by atoms with van der Waals surface area (Å²) in [6, 6.07) is 4.75. The number of nitrogens with two attached hydrogens (primary N) is 1. The van der Waals surface area contributed by atoms with Crippen molar-refractivity contribution in [2.75, 3.05) is 5.73 Å². The molecule has 0 bridgehead atoms. The first-order valence-corrected chi connectivity index (χ1v) is 6.23. The average Bonchev–Trinajstić information content (AvgIpc) is 2.99. The molecule has 0 saturated carbocycles. The van der Waals surface area contributed by atoms with Crippen molar-refractivity contribution in [3.63, 3.8) is 0 Å². The van der Waals surface area contributed by atoms with Crippen molar-refractivity contribution >= 4 is 17.4 Å². The van der Waals surface area contributed by atoms with E-state index in [9.17, 15) is 4.39 Å². The quantitative estimate of drug-likeness (QED) is 0.762. The zero-order valence-electron chi connectivity index (χ0n) is 10.6. The van der Waals surface area contributed by atoms with Gasteiger partial charge in [-0.3, -0.25) is 5.10 Å². The summed E-state index contributed by atoms with van der Waals surface area (Å²) in [5.74, 6) is 0.283. The van der Waals surface area contributed by atoms with E-state index in [4.69, 9.17) is 17.3 Å². The van der Waals surface area contributed by atoms with Gasteiger partial charge in [0.25, 0.3) is 0 Å². The summed E-state index contributed by atoms with van der Waals surface area (Å²) in [4.78, 5) is 4.22. The van der Waals surface area contributed by atoms with E-state index in [1.165, 1.54) is 6.07 Å². The molecule has 2 aromatic heterocycles. The highest BCUT2D eigenvalue weighted by Gasteiger charge is 2.21. The van der Waals surface area contributed by atoms with Gasteiger partial charge in [-0.2, -0.15) is 5.10 Å². The lowest BCUT2D eigenvalue weighted by atomic mass is 10.0. The minimum Gasteiger partial charge on any atom is -0.382 e. The third-order valence-corrected chi connectivity index (χ3v) is 3.35. The van der Waals surface area contributed by atoms with E-state index in [1.54, 1.807) is 29.1 Å². The lowest BCUT2D eigenvalue weighted by Gasteiger charge is -2.07. The Kier molecular flexibility index (Phi) is 2.94. The maximum Gasteiger partial charge on any atom is 0.158 e. The molecular weight excluding hydrogens is 281 g/mol. The summed E-state index contributed by atoms with van der Waals surface area (Å²) in [6.45, 7) is 0. The molecule has 3 N–H and O–H groups in total. The molecule has 0 aliphatic carbocycles. The first-order chi connectivity index (χ1) is 9.59. The molecule has 7 heteroatoms. The van der Waals surface area contributed by atoms with Crippen LogP contribution in [0.1, 0.15) is 0 Å². The van der Waals surface area contributed by atoms with E-state index in [2.05, 4.69) is 15.2 Å². The molecule has 20 heavy (non-hydrogen) atoms. The molecule has 5 nitrogen and oxygen atoms in total. The number of nitrogen functional groups attached to an aromatic ring is 1. The van der Waals surface area contributed by atoms with Crippen molar-refractivity contribution in [2.45, 2.75) is 0 Å². The predicted octanol–water partition coefficient (Wildman–Crippen LogP) is 2.85. The van der Waals surface area contributed by atoms with Gasteiger partial charge in [0, 0.05) is 25.0 Å². The van der Waals surface area contributed by atoms with Crippen LogP contribution in [-0.2, 0) is 7.05 Å². The van der Waals surface area contributed by atoms with Gasteiger partial charge in [0.15, 0.2) is 11.6 Å². The second kappa shape index (κ2) is 4.64. The molecular formula is C13H11ClFN5. The summed E-state index contributed by atoms with van der Waals surface area (Å²) >= 11 is 5.82. The van der Waals surface area contributed by atoms with E-state index in [-0.39, 0.29) is 10.8 Å². The van der Waals surface area contributed by atoms with E-state index >= 15 is 0 Å². The molecule has 3 aromatic rings. The second-order valence-corrected chi connectivity index (χ2v) is 4.73. The maximum atomic E-state index is 14.2. The van der Waals surface area contributed by atoms with Crippen LogP contribution in [-0.4, -0.2) is 19.7 Å². The molecule has 0 aliphatic rings. The lowest BCUT2D eigenvalue weighted by molar-refractivity contribution is 0.632. The third kappa shape index (κ3) is 1.85. The molecule has 2 heterocycles.